The van der Waals surface area contributed by atoms with Crippen LogP contribution in [0, 0.1) is 17.6 Å². The van der Waals surface area contributed by atoms with Crippen LogP contribution >= 0.6 is 0 Å². The molecule has 1 aromatic carbocycles. The lowest BCUT2D eigenvalue weighted by Gasteiger charge is -2.35. The summed E-state index contributed by atoms with van der Waals surface area (Å²) in [5.74, 6) is -0.925. The van der Waals surface area contributed by atoms with Crippen molar-refractivity contribution in [2.24, 2.45) is 5.92 Å². The summed E-state index contributed by atoms with van der Waals surface area (Å²) < 4.78 is 26.2. The van der Waals surface area contributed by atoms with Gasteiger partial charge in [0.25, 0.3) is 0 Å². The Hall–Kier alpha value is -0.960. The van der Waals surface area contributed by atoms with Crippen LogP contribution in [0.15, 0.2) is 18.2 Å². The van der Waals surface area contributed by atoms with E-state index in [2.05, 4.69) is 0 Å². The van der Waals surface area contributed by atoms with Crippen molar-refractivity contribution in [2.45, 2.75) is 51.0 Å². The van der Waals surface area contributed by atoms with Crippen LogP contribution < -0.4 is 0 Å². The third-order valence-electron chi connectivity index (χ3n) is 3.97. The number of benzene rings is 1. The zero-order chi connectivity index (χ0) is 13.2. The summed E-state index contributed by atoms with van der Waals surface area (Å²) in [6, 6.07) is 3.47. The van der Waals surface area contributed by atoms with Gasteiger partial charge in [-0.3, -0.25) is 0 Å². The van der Waals surface area contributed by atoms with Gasteiger partial charge >= 0.3 is 0 Å². The largest absolute Gasteiger partial charge is 0.390 e. The molecule has 100 valence electrons. The van der Waals surface area contributed by atoms with E-state index < -0.39 is 17.2 Å². The lowest BCUT2D eigenvalue weighted by atomic mass is 9.75. The summed E-state index contributed by atoms with van der Waals surface area (Å²) in [7, 11) is 0. The Balaban J connectivity index is 2.10. The molecule has 0 radical (unpaired) electrons. The monoisotopic (exact) mass is 254 g/mol. The smallest absolute Gasteiger partial charge is 0.126 e. The van der Waals surface area contributed by atoms with E-state index in [1.165, 1.54) is 18.6 Å². The first-order valence-corrected chi connectivity index (χ1v) is 6.65. The molecule has 0 heterocycles. The van der Waals surface area contributed by atoms with Gasteiger partial charge in [0.05, 0.1) is 5.60 Å². The molecule has 0 spiro atoms. The highest BCUT2D eigenvalue weighted by Crippen LogP contribution is 2.34. The van der Waals surface area contributed by atoms with Crippen LogP contribution in [-0.2, 0) is 6.42 Å². The van der Waals surface area contributed by atoms with Crippen molar-refractivity contribution in [1.29, 1.82) is 0 Å². The summed E-state index contributed by atoms with van der Waals surface area (Å²) in [5.41, 5.74) is -0.344. The van der Waals surface area contributed by atoms with Gasteiger partial charge < -0.3 is 5.11 Å². The molecule has 1 unspecified atom stereocenters. The Labute approximate surface area is 107 Å². The Morgan fingerprint density at radius 3 is 2.22 bits per heavy atom. The van der Waals surface area contributed by atoms with Crippen molar-refractivity contribution < 1.29 is 13.9 Å². The molecule has 1 N–H and O–H groups in total. The van der Waals surface area contributed by atoms with E-state index in [9.17, 15) is 13.9 Å². The summed E-state index contributed by atoms with van der Waals surface area (Å²) in [4.78, 5) is 0. The summed E-state index contributed by atoms with van der Waals surface area (Å²) >= 11 is 0. The van der Waals surface area contributed by atoms with Crippen molar-refractivity contribution in [3.63, 3.8) is 0 Å². The molecule has 1 nitrogen and oxygen atoms in total. The first-order valence-electron chi connectivity index (χ1n) is 6.65. The van der Waals surface area contributed by atoms with Crippen LogP contribution in [0.2, 0.25) is 0 Å². The second-order valence-corrected chi connectivity index (χ2v) is 5.65. The van der Waals surface area contributed by atoms with Gasteiger partial charge in [-0.15, -0.1) is 0 Å². The molecule has 1 aliphatic rings. The van der Waals surface area contributed by atoms with Crippen molar-refractivity contribution in [2.75, 3.05) is 0 Å². The van der Waals surface area contributed by atoms with Crippen LogP contribution in [0.25, 0.3) is 0 Å². The van der Waals surface area contributed by atoms with Gasteiger partial charge in [-0.25, -0.2) is 8.78 Å². The first kappa shape index (κ1) is 13.5. The van der Waals surface area contributed by atoms with E-state index in [1.807, 2.05) is 0 Å². The fourth-order valence-electron chi connectivity index (χ4n) is 3.00. The van der Waals surface area contributed by atoms with E-state index in [0.29, 0.717) is 12.0 Å². The molecule has 0 amide bonds. The zero-order valence-corrected chi connectivity index (χ0v) is 10.8. The molecule has 3 heteroatoms. The number of rotatable bonds is 3. The predicted octanol–water partition coefficient (Wildman–Crippen LogP) is 3.84. The van der Waals surface area contributed by atoms with E-state index in [4.69, 9.17) is 0 Å². The third kappa shape index (κ3) is 3.29. The molecule has 1 fully saturated rings. The van der Waals surface area contributed by atoms with Crippen molar-refractivity contribution in [3.05, 3.63) is 35.4 Å². The van der Waals surface area contributed by atoms with Crippen LogP contribution in [-0.4, -0.2) is 10.7 Å². The second-order valence-electron chi connectivity index (χ2n) is 5.65. The molecule has 2 rings (SSSR count). The Morgan fingerprint density at radius 2 is 1.67 bits per heavy atom. The van der Waals surface area contributed by atoms with Crippen LogP contribution in [0.5, 0.6) is 0 Å². The average Bonchev–Trinajstić information content (AvgIpc) is 2.28. The summed E-state index contributed by atoms with van der Waals surface area (Å²) in [5, 5.41) is 10.5. The van der Waals surface area contributed by atoms with Gasteiger partial charge in [-0.1, -0.05) is 19.3 Å². The molecule has 18 heavy (non-hydrogen) atoms. The van der Waals surface area contributed by atoms with Crippen molar-refractivity contribution >= 4 is 0 Å². The number of aliphatic hydroxyl groups is 1. The molecule has 0 aliphatic heterocycles. The van der Waals surface area contributed by atoms with E-state index in [1.54, 1.807) is 6.92 Å². The average molecular weight is 254 g/mol. The minimum Gasteiger partial charge on any atom is -0.390 e. The molecule has 0 saturated heterocycles. The number of halogens is 2. The van der Waals surface area contributed by atoms with Gasteiger partial charge in [0, 0.05) is 12.5 Å². The fourth-order valence-corrected chi connectivity index (χ4v) is 3.00. The van der Waals surface area contributed by atoms with E-state index >= 15 is 0 Å². The molecule has 1 atom stereocenters. The van der Waals surface area contributed by atoms with Crippen molar-refractivity contribution in [3.8, 4) is 0 Å². The zero-order valence-electron chi connectivity index (χ0n) is 10.8. The lowest BCUT2D eigenvalue weighted by Crippen LogP contribution is -2.38. The normalized spacial score (nSPS) is 20.7. The highest BCUT2D eigenvalue weighted by molar-refractivity contribution is 5.20. The number of hydrogen-bond donors (Lipinski definition) is 1. The predicted molar refractivity (Wildman–Crippen MR) is 67.3 cm³/mol. The Bertz CT molecular complexity index is 389. The van der Waals surface area contributed by atoms with Gasteiger partial charge in [-0.05, 0) is 43.4 Å². The molecular weight excluding hydrogens is 234 g/mol. The molecular formula is C15H20F2O. The van der Waals surface area contributed by atoms with Gasteiger partial charge in [0.15, 0.2) is 0 Å². The van der Waals surface area contributed by atoms with Crippen LogP contribution in [0.3, 0.4) is 0 Å². The Morgan fingerprint density at radius 1 is 1.11 bits per heavy atom. The van der Waals surface area contributed by atoms with Crippen molar-refractivity contribution in [1.82, 2.24) is 0 Å². The summed E-state index contributed by atoms with van der Waals surface area (Å²) in [6.45, 7) is 1.78. The lowest BCUT2D eigenvalue weighted by molar-refractivity contribution is -0.0160. The van der Waals surface area contributed by atoms with E-state index in [-0.39, 0.29) is 5.92 Å². The highest BCUT2D eigenvalue weighted by atomic mass is 19.1. The topological polar surface area (TPSA) is 20.2 Å². The van der Waals surface area contributed by atoms with Crippen LogP contribution in [0.1, 0.15) is 44.6 Å². The molecule has 1 aromatic rings. The third-order valence-corrected chi connectivity index (χ3v) is 3.97. The van der Waals surface area contributed by atoms with Gasteiger partial charge in [-0.2, -0.15) is 0 Å². The highest BCUT2D eigenvalue weighted by Gasteiger charge is 2.32. The molecule has 1 aliphatic carbocycles. The molecule has 1 saturated carbocycles. The second kappa shape index (κ2) is 5.35. The standard InChI is InChI=1S/C15H20F2O/c1-15(18,12-5-3-2-4-6-12)10-11-7-13(16)9-14(17)8-11/h7-9,12,18H,2-6,10H2,1H3. The Kier molecular flexibility index (Phi) is 4.00. The maximum atomic E-state index is 13.1. The minimum atomic E-state index is -0.874. The molecule has 0 bridgehead atoms. The maximum Gasteiger partial charge on any atom is 0.126 e. The van der Waals surface area contributed by atoms with Gasteiger partial charge in [0.2, 0.25) is 0 Å². The SMILES string of the molecule is CC(O)(Cc1cc(F)cc(F)c1)C1CCCCC1. The summed E-state index contributed by atoms with van der Waals surface area (Å²) in [6.07, 6.45) is 5.82. The fraction of sp³-hybridized carbons (Fsp3) is 0.600. The maximum absolute atomic E-state index is 13.1. The van der Waals surface area contributed by atoms with Gasteiger partial charge in [0.1, 0.15) is 11.6 Å². The first-order chi connectivity index (χ1) is 8.47. The minimum absolute atomic E-state index is 0.234. The quantitative estimate of drug-likeness (QED) is 0.869. The van der Waals surface area contributed by atoms with E-state index in [0.717, 1.165) is 31.7 Å². The number of hydrogen-bond acceptors (Lipinski definition) is 1. The van der Waals surface area contributed by atoms with Crippen LogP contribution in [0.4, 0.5) is 8.78 Å². The molecule has 0 aromatic heterocycles.